The summed E-state index contributed by atoms with van der Waals surface area (Å²) in [5.74, 6) is 0.373. The minimum absolute atomic E-state index is 0.100. The molecule has 10 heteroatoms. The molecule has 0 spiro atoms. The van der Waals surface area contributed by atoms with E-state index in [1.54, 1.807) is 16.0 Å². The van der Waals surface area contributed by atoms with Gasteiger partial charge in [-0.05, 0) is 57.6 Å². The zero-order valence-corrected chi connectivity index (χ0v) is 25.7. The van der Waals surface area contributed by atoms with Gasteiger partial charge in [0.1, 0.15) is 35.6 Å². The molecule has 0 aliphatic carbocycles. The van der Waals surface area contributed by atoms with Gasteiger partial charge in [0.05, 0.1) is 6.21 Å². The minimum atomic E-state index is -1.22. The molecule has 2 aliphatic heterocycles. The fourth-order valence-corrected chi connectivity index (χ4v) is 4.97. The molecule has 42 heavy (non-hydrogen) atoms. The topological polar surface area (TPSA) is 112 Å². The summed E-state index contributed by atoms with van der Waals surface area (Å²) >= 11 is -1.22. The molecule has 0 saturated carbocycles. The van der Waals surface area contributed by atoms with Gasteiger partial charge in [0, 0.05) is 38.0 Å². The molecular formula is C32H43N3O6S. The lowest BCUT2D eigenvalue weighted by molar-refractivity contribution is -0.112. The molecule has 2 fully saturated rings. The molecule has 2 aromatic rings. The number of ether oxygens (including phenoxy) is 2. The van der Waals surface area contributed by atoms with Crippen LogP contribution in [-0.2, 0) is 38.8 Å². The van der Waals surface area contributed by atoms with Crippen molar-refractivity contribution in [3.63, 3.8) is 0 Å². The molecule has 2 saturated heterocycles. The van der Waals surface area contributed by atoms with Gasteiger partial charge >= 0.3 is 12.2 Å². The molecule has 0 aromatic heterocycles. The highest BCUT2D eigenvalue weighted by molar-refractivity contribution is 7.91. The lowest BCUT2D eigenvalue weighted by atomic mass is 9.99. The molecule has 2 aliphatic rings. The maximum Gasteiger partial charge on any atom is 0.410 e. The fourth-order valence-electron chi connectivity index (χ4n) is 4.37. The number of rotatable bonds is 7. The number of aldehydes is 1. The average Bonchev–Trinajstić information content (AvgIpc) is 3.02. The Kier molecular flexibility index (Phi) is 13.3. The van der Waals surface area contributed by atoms with Gasteiger partial charge in [-0.15, -0.1) is 0 Å². The Morgan fingerprint density at radius 3 is 1.60 bits per heavy atom. The number of piperidine rings is 2. The maximum absolute atomic E-state index is 12.1. The molecule has 228 valence electrons. The van der Waals surface area contributed by atoms with Crippen LogP contribution >= 0.6 is 0 Å². The van der Waals surface area contributed by atoms with Crippen LogP contribution in [0.25, 0.3) is 0 Å². The van der Waals surface area contributed by atoms with Crippen LogP contribution in [0, 0.1) is 11.8 Å². The van der Waals surface area contributed by atoms with Crippen molar-refractivity contribution >= 4 is 36.0 Å². The van der Waals surface area contributed by atoms with E-state index in [2.05, 4.69) is 4.40 Å². The summed E-state index contributed by atoms with van der Waals surface area (Å²) in [6, 6.07) is 19.3. The first-order valence-electron chi connectivity index (χ1n) is 14.5. The van der Waals surface area contributed by atoms with Crippen molar-refractivity contribution in [2.45, 2.75) is 64.4 Å². The van der Waals surface area contributed by atoms with E-state index < -0.39 is 11.4 Å². The Hall–Kier alpha value is -3.37. The minimum Gasteiger partial charge on any atom is -0.591 e. The van der Waals surface area contributed by atoms with Gasteiger partial charge in [-0.2, -0.15) is 0 Å². The largest absolute Gasteiger partial charge is 0.591 e. The van der Waals surface area contributed by atoms with Crippen LogP contribution < -0.4 is 0 Å². The lowest BCUT2D eigenvalue weighted by Crippen LogP contribution is -2.39. The molecule has 2 amide bonds. The zero-order valence-electron chi connectivity index (χ0n) is 24.9. The number of carbonyl (C=O) groups excluding carboxylic acids is 3. The number of amides is 2. The highest BCUT2D eigenvalue weighted by Crippen LogP contribution is 2.20. The number of nitrogens with zero attached hydrogens (tertiary/aromatic N) is 3. The molecule has 1 atom stereocenters. The zero-order chi connectivity index (χ0) is 30.4. The number of benzene rings is 2. The predicted octanol–water partition coefficient (Wildman–Crippen LogP) is 5.80. The first-order chi connectivity index (χ1) is 20.2. The summed E-state index contributed by atoms with van der Waals surface area (Å²) in [4.78, 5) is 37.9. The summed E-state index contributed by atoms with van der Waals surface area (Å²) in [7, 11) is 0. The molecule has 0 N–H and O–H groups in total. The van der Waals surface area contributed by atoms with Gasteiger partial charge in [-0.25, -0.2) is 9.59 Å². The van der Waals surface area contributed by atoms with Crippen LogP contribution in [0.5, 0.6) is 0 Å². The maximum atomic E-state index is 12.1. The van der Waals surface area contributed by atoms with Crippen LogP contribution in [0.1, 0.15) is 57.6 Å². The van der Waals surface area contributed by atoms with Gasteiger partial charge in [0.2, 0.25) is 0 Å². The van der Waals surface area contributed by atoms with Crippen molar-refractivity contribution in [2.24, 2.45) is 16.2 Å². The third-order valence-corrected chi connectivity index (χ3v) is 8.45. The Balaban J connectivity index is 0.000000240. The second-order valence-electron chi connectivity index (χ2n) is 11.5. The van der Waals surface area contributed by atoms with Crippen molar-refractivity contribution in [1.82, 2.24) is 9.80 Å². The molecule has 0 bridgehead atoms. The first-order valence-corrected chi connectivity index (χ1v) is 15.6. The number of hydrogen-bond donors (Lipinski definition) is 0. The highest BCUT2D eigenvalue weighted by atomic mass is 32.2. The van der Waals surface area contributed by atoms with Gasteiger partial charge in [-0.3, -0.25) is 0 Å². The van der Waals surface area contributed by atoms with E-state index in [4.69, 9.17) is 9.47 Å². The number of carbonyl (C=O) groups is 3. The van der Waals surface area contributed by atoms with Crippen molar-refractivity contribution < 1.29 is 28.4 Å². The molecule has 4 rings (SSSR count). The number of hydrogen-bond acceptors (Lipinski definition) is 7. The Bertz CT molecular complexity index is 1130. The smallest absolute Gasteiger partial charge is 0.410 e. The van der Waals surface area contributed by atoms with Crippen LogP contribution in [0.2, 0.25) is 0 Å². The Morgan fingerprint density at radius 1 is 0.810 bits per heavy atom. The fraction of sp³-hybridized carbons (Fsp3) is 0.500. The molecule has 9 nitrogen and oxygen atoms in total. The summed E-state index contributed by atoms with van der Waals surface area (Å²) < 4.78 is 26.4. The molecule has 0 radical (unpaired) electrons. The third kappa shape index (κ3) is 11.5. The third-order valence-electron chi connectivity index (χ3n) is 7.09. The number of likely N-dealkylation sites (tertiary alicyclic amines) is 2. The van der Waals surface area contributed by atoms with Crippen LogP contribution in [0.15, 0.2) is 65.1 Å². The van der Waals surface area contributed by atoms with E-state index in [0.717, 1.165) is 43.1 Å². The van der Waals surface area contributed by atoms with Gasteiger partial charge in [0.25, 0.3) is 0 Å². The van der Waals surface area contributed by atoms with Crippen molar-refractivity contribution in [3.8, 4) is 0 Å². The summed E-state index contributed by atoms with van der Waals surface area (Å²) in [6.45, 7) is 8.83. The SMILES string of the molecule is CC(C)(C)[S+]([O-])N=CC1CCN(C(=O)OCc2ccccc2)CC1.O=CC1CCN(C(=O)OCc2ccccc2)CC1. The summed E-state index contributed by atoms with van der Waals surface area (Å²) in [5, 5.41) is 0. The monoisotopic (exact) mass is 597 g/mol. The van der Waals surface area contributed by atoms with Crippen molar-refractivity contribution in [3.05, 3.63) is 71.8 Å². The lowest BCUT2D eigenvalue weighted by Gasteiger charge is -2.29. The van der Waals surface area contributed by atoms with E-state index in [-0.39, 0.29) is 28.8 Å². The van der Waals surface area contributed by atoms with E-state index in [9.17, 15) is 18.9 Å². The van der Waals surface area contributed by atoms with Crippen LogP contribution in [0.3, 0.4) is 0 Å². The second kappa shape index (κ2) is 16.9. The van der Waals surface area contributed by atoms with E-state index in [0.29, 0.717) is 39.4 Å². The second-order valence-corrected chi connectivity index (χ2v) is 13.4. The predicted molar refractivity (Wildman–Crippen MR) is 164 cm³/mol. The molecular weight excluding hydrogens is 554 g/mol. The van der Waals surface area contributed by atoms with Crippen LogP contribution in [0.4, 0.5) is 9.59 Å². The molecule has 2 heterocycles. The molecule has 1 unspecified atom stereocenters. The normalized spacial score (nSPS) is 17.2. The van der Waals surface area contributed by atoms with Crippen molar-refractivity contribution in [2.75, 3.05) is 26.2 Å². The van der Waals surface area contributed by atoms with E-state index >= 15 is 0 Å². The van der Waals surface area contributed by atoms with E-state index in [1.807, 2.05) is 81.4 Å². The van der Waals surface area contributed by atoms with Gasteiger partial charge in [-0.1, -0.05) is 65.1 Å². The summed E-state index contributed by atoms with van der Waals surface area (Å²) in [5.41, 5.74) is 1.96. The van der Waals surface area contributed by atoms with Gasteiger partial charge < -0.3 is 28.6 Å². The average molecular weight is 598 g/mol. The van der Waals surface area contributed by atoms with E-state index in [1.165, 1.54) is 0 Å². The van der Waals surface area contributed by atoms with Crippen molar-refractivity contribution in [1.29, 1.82) is 0 Å². The standard InChI is InChI=1S/C18H26N2O3S.C14H17NO3/c1-18(2,3)24(22)19-13-15-9-11-20(12-10-15)17(21)23-14-16-7-5-4-6-8-16;16-10-12-6-8-15(9-7-12)14(17)18-11-13-4-2-1-3-5-13/h4-8,13,15H,9-12,14H2,1-3H3;1-5,10,12H,6-9,11H2. The molecule has 2 aromatic carbocycles. The van der Waals surface area contributed by atoms with Crippen LogP contribution in [-0.4, -0.2) is 70.0 Å². The Labute approximate surface area is 252 Å². The van der Waals surface area contributed by atoms with Gasteiger partial charge in [0.15, 0.2) is 0 Å². The first kappa shape index (κ1) is 33.1. The Morgan fingerprint density at radius 2 is 1.21 bits per heavy atom. The highest BCUT2D eigenvalue weighted by Gasteiger charge is 2.28. The quantitative estimate of drug-likeness (QED) is 0.227. The summed E-state index contributed by atoms with van der Waals surface area (Å²) in [6.07, 6.45) is 5.35.